The van der Waals surface area contributed by atoms with Crippen molar-refractivity contribution in [3.8, 4) is 0 Å². The molecule has 1 unspecified atom stereocenters. The number of hydrogen-bond acceptors (Lipinski definition) is 6. The van der Waals surface area contributed by atoms with Gasteiger partial charge >= 0.3 is 0 Å². The van der Waals surface area contributed by atoms with Crippen molar-refractivity contribution in [2.75, 3.05) is 25.0 Å². The molecule has 0 amide bonds. The molecule has 0 bridgehead atoms. The van der Waals surface area contributed by atoms with Crippen molar-refractivity contribution in [3.05, 3.63) is 35.7 Å². The maximum absolute atomic E-state index is 5.65. The van der Waals surface area contributed by atoms with Crippen LogP contribution in [0, 0.1) is 0 Å². The number of rotatable bonds is 5. The zero-order valence-electron chi connectivity index (χ0n) is 16.5. The molecule has 1 aliphatic carbocycles. The fraction of sp³-hybridized carbons (Fsp3) is 0.667. The molecule has 7 nitrogen and oxygen atoms in total. The second-order valence-corrected chi connectivity index (χ2v) is 8.42. The van der Waals surface area contributed by atoms with Gasteiger partial charge < -0.3 is 15.0 Å². The van der Waals surface area contributed by atoms with Gasteiger partial charge in [-0.25, -0.2) is 15.0 Å². The highest BCUT2D eigenvalue weighted by Crippen LogP contribution is 2.45. The lowest BCUT2D eigenvalue weighted by Crippen LogP contribution is -2.51. The third kappa shape index (κ3) is 3.42. The monoisotopic (exact) mass is 382 g/mol. The average Bonchev–Trinajstić information content (AvgIpc) is 3.43. The molecule has 1 atom stereocenters. The van der Waals surface area contributed by atoms with E-state index in [1.807, 2.05) is 18.7 Å². The summed E-state index contributed by atoms with van der Waals surface area (Å²) in [6.45, 7) is 3.62. The van der Waals surface area contributed by atoms with Gasteiger partial charge in [0.05, 0.1) is 23.7 Å². The molecule has 0 radical (unpaired) electrons. The minimum Gasteiger partial charge on any atom is -0.376 e. The van der Waals surface area contributed by atoms with Crippen molar-refractivity contribution < 1.29 is 4.74 Å². The van der Waals surface area contributed by atoms with Gasteiger partial charge in [-0.3, -0.25) is 4.90 Å². The number of imidazole rings is 1. The van der Waals surface area contributed by atoms with Crippen LogP contribution in [0.25, 0.3) is 0 Å². The summed E-state index contributed by atoms with van der Waals surface area (Å²) in [4.78, 5) is 19.9. The molecule has 150 valence electrons. The lowest BCUT2D eigenvalue weighted by Gasteiger charge is -2.48. The molecule has 28 heavy (non-hydrogen) atoms. The molecule has 2 fully saturated rings. The highest BCUT2D eigenvalue weighted by molar-refractivity contribution is 5.28. The zero-order chi connectivity index (χ0) is 18.8. The number of hydrogen-bond donors (Lipinski definition) is 2. The Morgan fingerprint density at radius 3 is 2.79 bits per heavy atom. The number of nitrogens with one attached hydrogen (secondary N) is 2. The normalized spacial score (nSPS) is 24.4. The van der Waals surface area contributed by atoms with Crippen LogP contribution < -0.4 is 5.32 Å². The van der Waals surface area contributed by atoms with Crippen LogP contribution in [0.2, 0.25) is 0 Å². The van der Waals surface area contributed by atoms with Gasteiger partial charge in [0.25, 0.3) is 0 Å². The zero-order valence-corrected chi connectivity index (χ0v) is 16.5. The van der Waals surface area contributed by atoms with Gasteiger partial charge in [-0.05, 0) is 25.7 Å². The van der Waals surface area contributed by atoms with Crippen molar-refractivity contribution >= 4 is 5.95 Å². The molecule has 2 aliphatic heterocycles. The number of fused-ring (bicyclic) bond motifs is 2. The Balaban J connectivity index is 1.28. The first kappa shape index (κ1) is 18.1. The SMILES string of the molecule is c1nc2c([nH]1)CCN(Cc1cnc(NCC3CCCO3)nc1)C21CCCCC1. The number of aromatic amines is 1. The Labute approximate surface area is 166 Å². The Kier molecular flexibility index (Phi) is 5.03. The van der Waals surface area contributed by atoms with Crippen molar-refractivity contribution in [2.45, 2.75) is 69.6 Å². The molecule has 2 aromatic rings. The van der Waals surface area contributed by atoms with Crippen LogP contribution in [-0.2, 0) is 23.2 Å². The fourth-order valence-electron chi connectivity index (χ4n) is 5.20. The first-order valence-corrected chi connectivity index (χ1v) is 10.8. The molecule has 1 spiro atoms. The van der Waals surface area contributed by atoms with Crippen LogP contribution in [0.3, 0.4) is 0 Å². The molecular formula is C21H30N6O. The Morgan fingerprint density at radius 1 is 1.14 bits per heavy atom. The summed E-state index contributed by atoms with van der Waals surface area (Å²) in [5.74, 6) is 0.694. The summed E-state index contributed by atoms with van der Waals surface area (Å²) in [6.07, 6.45) is 15.7. The standard InChI is InChI=1S/C21H30N6O/c1-2-7-21(8-3-1)19-18(25-15-26-19)6-9-27(21)14-16-11-22-20(23-12-16)24-13-17-5-4-10-28-17/h11-12,15,17H,1-10,13-14H2,(H,25,26)(H,22,23,24). The topological polar surface area (TPSA) is 79.0 Å². The Hall–Kier alpha value is -1.99. The third-order valence-corrected chi connectivity index (χ3v) is 6.67. The van der Waals surface area contributed by atoms with E-state index < -0.39 is 0 Å². The summed E-state index contributed by atoms with van der Waals surface area (Å²) < 4.78 is 5.65. The molecule has 1 saturated heterocycles. The smallest absolute Gasteiger partial charge is 0.222 e. The van der Waals surface area contributed by atoms with Gasteiger partial charge in [-0.1, -0.05) is 19.3 Å². The third-order valence-electron chi connectivity index (χ3n) is 6.67. The second kappa shape index (κ2) is 7.79. The van der Waals surface area contributed by atoms with Crippen LogP contribution in [0.15, 0.2) is 18.7 Å². The van der Waals surface area contributed by atoms with E-state index in [4.69, 9.17) is 9.72 Å². The Bertz CT molecular complexity index is 776. The molecule has 1 saturated carbocycles. The van der Waals surface area contributed by atoms with Gasteiger partial charge in [0.1, 0.15) is 0 Å². The van der Waals surface area contributed by atoms with Crippen molar-refractivity contribution in [3.63, 3.8) is 0 Å². The summed E-state index contributed by atoms with van der Waals surface area (Å²) in [5, 5.41) is 3.31. The van der Waals surface area contributed by atoms with E-state index in [-0.39, 0.29) is 5.54 Å². The lowest BCUT2D eigenvalue weighted by molar-refractivity contribution is 0.0254. The highest BCUT2D eigenvalue weighted by Gasteiger charge is 2.45. The molecule has 2 N–H and O–H groups in total. The predicted octanol–water partition coefficient (Wildman–Crippen LogP) is 3.01. The molecule has 5 rings (SSSR count). The van der Waals surface area contributed by atoms with Gasteiger partial charge in [-0.2, -0.15) is 0 Å². The quantitative estimate of drug-likeness (QED) is 0.828. The van der Waals surface area contributed by atoms with E-state index in [1.54, 1.807) is 0 Å². The van der Waals surface area contributed by atoms with Crippen LogP contribution in [0.1, 0.15) is 61.9 Å². The van der Waals surface area contributed by atoms with Gasteiger partial charge in [0, 0.05) is 56.3 Å². The van der Waals surface area contributed by atoms with Crippen molar-refractivity contribution in [1.29, 1.82) is 0 Å². The van der Waals surface area contributed by atoms with Crippen LogP contribution in [-0.4, -0.2) is 50.6 Å². The van der Waals surface area contributed by atoms with Crippen molar-refractivity contribution in [1.82, 2.24) is 24.8 Å². The summed E-state index contributed by atoms with van der Waals surface area (Å²) >= 11 is 0. The number of H-pyrrole nitrogens is 1. The molecule has 3 aliphatic rings. The molecule has 4 heterocycles. The predicted molar refractivity (Wildman–Crippen MR) is 107 cm³/mol. The summed E-state index contributed by atoms with van der Waals surface area (Å²) in [6, 6.07) is 0. The maximum Gasteiger partial charge on any atom is 0.222 e. The molecule has 0 aromatic carbocycles. The van der Waals surface area contributed by atoms with Crippen LogP contribution in [0.4, 0.5) is 5.95 Å². The number of ether oxygens (including phenoxy) is 1. The van der Waals surface area contributed by atoms with Crippen LogP contribution >= 0.6 is 0 Å². The lowest BCUT2D eigenvalue weighted by atomic mass is 9.75. The largest absolute Gasteiger partial charge is 0.376 e. The average molecular weight is 383 g/mol. The van der Waals surface area contributed by atoms with Gasteiger partial charge in [0.2, 0.25) is 5.95 Å². The Morgan fingerprint density at radius 2 is 2.00 bits per heavy atom. The van der Waals surface area contributed by atoms with Crippen LogP contribution in [0.5, 0.6) is 0 Å². The maximum atomic E-state index is 5.65. The highest BCUT2D eigenvalue weighted by atomic mass is 16.5. The van der Waals surface area contributed by atoms with E-state index in [0.717, 1.165) is 45.5 Å². The summed E-state index contributed by atoms with van der Waals surface area (Å²) in [5.41, 5.74) is 3.88. The van der Waals surface area contributed by atoms with E-state index in [0.29, 0.717) is 12.1 Å². The molecule has 2 aromatic heterocycles. The molecule has 7 heteroatoms. The second-order valence-electron chi connectivity index (χ2n) is 8.42. The number of nitrogens with zero attached hydrogens (tertiary/aromatic N) is 4. The van der Waals surface area contributed by atoms with Gasteiger partial charge in [-0.15, -0.1) is 0 Å². The van der Waals surface area contributed by atoms with E-state index in [2.05, 4.69) is 25.2 Å². The van der Waals surface area contributed by atoms with E-state index >= 15 is 0 Å². The van der Waals surface area contributed by atoms with Gasteiger partial charge in [0.15, 0.2) is 0 Å². The minimum absolute atomic E-state index is 0.0859. The van der Waals surface area contributed by atoms with E-state index in [1.165, 1.54) is 49.1 Å². The first-order chi connectivity index (χ1) is 13.8. The fourth-order valence-corrected chi connectivity index (χ4v) is 5.20. The first-order valence-electron chi connectivity index (χ1n) is 10.8. The van der Waals surface area contributed by atoms with Crippen molar-refractivity contribution in [2.24, 2.45) is 0 Å². The molecular weight excluding hydrogens is 352 g/mol. The number of aromatic nitrogens is 4. The summed E-state index contributed by atoms with van der Waals surface area (Å²) in [7, 11) is 0. The minimum atomic E-state index is 0.0859. The number of anilines is 1. The van der Waals surface area contributed by atoms with E-state index in [9.17, 15) is 0 Å².